The number of sulfonamides is 1. The SMILES string of the molecule is NCc1ccc(CNS(=O)(=O)C2CCS(=O)(=O)CC2)cc1. The molecule has 6 nitrogen and oxygen atoms in total. The molecule has 0 spiro atoms. The first-order valence-corrected chi connectivity index (χ1v) is 10.2. The summed E-state index contributed by atoms with van der Waals surface area (Å²) in [4.78, 5) is 0. The fraction of sp³-hybridized carbons (Fsp3) is 0.538. The Hall–Kier alpha value is -0.960. The van der Waals surface area contributed by atoms with Crippen LogP contribution < -0.4 is 10.5 Å². The molecule has 0 bridgehead atoms. The largest absolute Gasteiger partial charge is 0.326 e. The van der Waals surface area contributed by atoms with E-state index in [2.05, 4.69) is 4.72 Å². The molecule has 8 heteroatoms. The van der Waals surface area contributed by atoms with Crippen LogP contribution in [0.1, 0.15) is 24.0 Å². The smallest absolute Gasteiger partial charge is 0.214 e. The van der Waals surface area contributed by atoms with Gasteiger partial charge in [-0.15, -0.1) is 0 Å². The Labute approximate surface area is 125 Å². The molecule has 0 radical (unpaired) electrons. The van der Waals surface area contributed by atoms with Crippen LogP contribution >= 0.6 is 0 Å². The van der Waals surface area contributed by atoms with Gasteiger partial charge in [-0.3, -0.25) is 0 Å². The van der Waals surface area contributed by atoms with Gasteiger partial charge in [-0.1, -0.05) is 24.3 Å². The summed E-state index contributed by atoms with van der Waals surface area (Å²) in [5.74, 6) is -0.104. The second-order valence-corrected chi connectivity index (χ2v) is 9.59. The molecule has 1 aromatic rings. The number of hydrogen-bond acceptors (Lipinski definition) is 5. The molecule has 0 atom stereocenters. The minimum absolute atomic E-state index is 0.0518. The van der Waals surface area contributed by atoms with Gasteiger partial charge in [0.15, 0.2) is 0 Å². The van der Waals surface area contributed by atoms with E-state index in [4.69, 9.17) is 5.73 Å². The standard InChI is InChI=1S/C13H20N2O4S2/c14-9-11-1-3-12(4-2-11)10-15-21(18,19)13-5-7-20(16,17)8-6-13/h1-4,13,15H,5-10,14H2. The normalized spacial score (nSPS) is 19.5. The first kappa shape index (κ1) is 16.4. The van der Waals surface area contributed by atoms with E-state index in [9.17, 15) is 16.8 Å². The monoisotopic (exact) mass is 332 g/mol. The molecule has 21 heavy (non-hydrogen) atoms. The third-order valence-corrected chi connectivity index (χ3v) is 7.29. The fourth-order valence-electron chi connectivity index (χ4n) is 2.27. The minimum atomic E-state index is -3.49. The lowest BCUT2D eigenvalue weighted by atomic mass is 10.1. The van der Waals surface area contributed by atoms with Gasteiger partial charge in [-0.05, 0) is 24.0 Å². The van der Waals surface area contributed by atoms with Crippen molar-refractivity contribution >= 4 is 19.9 Å². The van der Waals surface area contributed by atoms with Crippen LogP contribution in [0.5, 0.6) is 0 Å². The van der Waals surface area contributed by atoms with Crippen LogP contribution in [0.2, 0.25) is 0 Å². The lowest BCUT2D eigenvalue weighted by molar-refractivity contribution is 0.542. The van der Waals surface area contributed by atoms with Crippen molar-refractivity contribution in [1.29, 1.82) is 0 Å². The van der Waals surface area contributed by atoms with Crippen molar-refractivity contribution in [1.82, 2.24) is 4.72 Å². The molecule has 0 unspecified atom stereocenters. The van der Waals surface area contributed by atoms with E-state index in [-0.39, 0.29) is 30.9 Å². The highest BCUT2D eigenvalue weighted by Crippen LogP contribution is 2.19. The van der Waals surface area contributed by atoms with Crippen LogP contribution in [-0.4, -0.2) is 33.6 Å². The number of hydrogen-bond donors (Lipinski definition) is 2. The van der Waals surface area contributed by atoms with Gasteiger partial charge < -0.3 is 5.73 Å². The van der Waals surface area contributed by atoms with Gasteiger partial charge in [0.2, 0.25) is 10.0 Å². The summed E-state index contributed by atoms with van der Waals surface area (Å²) in [6.45, 7) is 0.652. The van der Waals surface area contributed by atoms with E-state index >= 15 is 0 Å². The van der Waals surface area contributed by atoms with Crippen LogP contribution in [-0.2, 0) is 33.0 Å². The third-order valence-electron chi connectivity index (χ3n) is 3.68. The lowest BCUT2D eigenvalue weighted by Crippen LogP contribution is -2.39. The van der Waals surface area contributed by atoms with Gasteiger partial charge in [-0.2, -0.15) is 0 Å². The zero-order valence-electron chi connectivity index (χ0n) is 11.7. The van der Waals surface area contributed by atoms with E-state index in [0.29, 0.717) is 6.54 Å². The number of benzene rings is 1. The predicted octanol–water partition coefficient (Wildman–Crippen LogP) is 0.142. The summed E-state index contributed by atoms with van der Waals surface area (Å²) in [6, 6.07) is 7.37. The van der Waals surface area contributed by atoms with Crippen LogP contribution in [0.4, 0.5) is 0 Å². The quantitative estimate of drug-likeness (QED) is 0.798. The van der Waals surface area contributed by atoms with Gasteiger partial charge >= 0.3 is 0 Å². The van der Waals surface area contributed by atoms with Crippen LogP contribution in [0.15, 0.2) is 24.3 Å². The molecule has 1 aromatic carbocycles. The molecule has 3 N–H and O–H groups in total. The Morgan fingerprint density at radius 2 is 1.62 bits per heavy atom. The second kappa shape index (κ2) is 6.43. The van der Waals surface area contributed by atoms with Crippen molar-refractivity contribution in [2.75, 3.05) is 11.5 Å². The van der Waals surface area contributed by atoms with Crippen molar-refractivity contribution in [2.24, 2.45) is 5.73 Å². The predicted molar refractivity (Wildman–Crippen MR) is 81.8 cm³/mol. The van der Waals surface area contributed by atoms with E-state index in [1.807, 2.05) is 24.3 Å². The van der Waals surface area contributed by atoms with Gasteiger partial charge in [0.1, 0.15) is 9.84 Å². The third kappa shape index (κ3) is 4.50. The molecular formula is C13H20N2O4S2. The van der Waals surface area contributed by atoms with Gasteiger partial charge in [0.05, 0.1) is 16.8 Å². The molecule has 2 rings (SSSR count). The molecule has 1 heterocycles. The molecule has 0 aromatic heterocycles. The maximum atomic E-state index is 12.2. The van der Waals surface area contributed by atoms with Crippen molar-refractivity contribution < 1.29 is 16.8 Å². The second-order valence-electron chi connectivity index (χ2n) is 5.24. The number of nitrogens with one attached hydrogen (secondary N) is 1. The first-order chi connectivity index (χ1) is 9.82. The zero-order valence-corrected chi connectivity index (χ0v) is 13.3. The number of nitrogens with two attached hydrogens (primary N) is 1. The van der Waals surface area contributed by atoms with Crippen LogP contribution in [0, 0.1) is 0 Å². The summed E-state index contributed by atoms with van der Waals surface area (Å²) < 4.78 is 49.6. The molecule has 118 valence electrons. The molecule has 0 saturated carbocycles. The highest BCUT2D eigenvalue weighted by atomic mass is 32.2. The number of sulfone groups is 1. The number of rotatable bonds is 5. The zero-order chi connectivity index (χ0) is 15.5. The fourth-order valence-corrected chi connectivity index (χ4v) is 5.52. The minimum Gasteiger partial charge on any atom is -0.326 e. The molecule has 0 aliphatic carbocycles. The first-order valence-electron chi connectivity index (χ1n) is 6.79. The van der Waals surface area contributed by atoms with Gasteiger partial charge in [0, 0.05) is 13.1 Å². The Kier molecular flexibility index (Phi) is 5.03. The topological polar surface area (TPSA) is 106 Å². The van der Waals surface area contributed by atoms with Crippen LogP contribution in [0.3, 0.4) is 0 Å². The molecular weight excluding hydrogens is 312 g/mol. The maximum Gasteiger partial charge on any atom is 0.214 e. The molecule has 1 aliphatic heterocycles. The maximum absolute atomic E-state index is 12.2. The average molecular weight is 332 g/mol. The molecule has 0 amide bonds. The highest BCUT2D eigenvalue weighted by Gasteiger charge is 2.32. The van der Waals surface area contributed by atoms with Crippen molar-refractivity contribution in [3.8, 4) is 0 Å². The van der Waals surface area contributed by atoms with Crippen molar-refractivity contribution in [2.45, 2.75) is 31.2 Å². The Morgan fingerprint density at radius 3 is 2.14 bits per heavy atom. The summed E-state index contributed by atoms with van der Waals surface area (Å²) in [5, 5.41) is -0.621. The Morgan fingerprint density at radius 1 is 1.10 bits per heavy atom. The molecule has 1 saturated heterocycles. The summed E-state index contributed by atoms with van der Waals surface area (Å²) in [7, 11) is -6.54. The van der Waals surface area contributed by atoms with Crippen molar-refractivity contribution in [3.63, 3.8) is 0 Å². The highest BCUT2D eigenvalue weighted by molar-refractivity contribution is 7.92. The van der Waals surface area contributed by atoms with E-state index < -0.39 is 25.1 Å². The summed E-state index contributed by atoms with van der Waals surface area (Å²) in [6.07, 6.45) is 0.341. The Bertz CT molecular complexity index is 667. The summed E-state index contributed by atoms with van der Waals surface area (Å²) >= 11 is 0. The summed E-state index contributed by atoms with van der Waals surface area (Å²) in [5.41, 5.74) is 7.33. The molecule has 1 aliphatic rings. The van der Waals surface area contributed by atoms with Gasteiger partial charge in [-0.25, -0.2) is 21.6 Å². The van der Waals surface area contributed by atoms with Crippen LogP contribution in [0.25, 0.3) is 0 Å². The van der Waals surface area contributed by atoms with E-state index in [1.165, 1.54) is 0 Å². The Balaban J connectivity index is 1.95. The van der Waals surface area contributed by atoms with Gasteiger partial charge in [0.25, 0.3) is 0 Å². The van der Waals surface area contributed by atoms with Crippen molar-refractivity contribution in [3.05, 3.63) is 35.4 Å². The molecule has 1 fully saturated rings. The van der Waals surface area contributed by atoms with E-state index in [0.717, 1.165) is 11.1 Å². The lowest BCUT2D eigenvalue weighted by Gasteiger charge is -2.22. The van der Waals surface area contributed by atoms with E-state index in [1.54, 1.807) is 0 Å². The average Bonchev–Trinajstić information content (AvgIpc) is 2.45.